The second-order valence-corrected chi connectivity index (χ2v) is 11.4. The number of imide groups is 1. The Morgan fingerprint density at radius 2 is 1.65 bits per heavy atom. The molecule has 7 rings (SSSR count). The Labute approximate surface area is 215 Å². The maximum Gasteiger partial charge on any atom is 0.259 e. The van der Waals surface area contributed by atoms with Crippen molar-refractivity contribution < 1.29 is 14.4 Å². The normalized spacial score (nSPS) is 30.4. The lowest BCUT2D eigenvalue weighted by atomic mass is 9.63. The van der Waals surface area contributed by atoms with Crippen molar-refractivity contribution in [2.75, 3.05) is 11.6 Å². The van der Waals surface area contributed by atoms with E-state index in [-0.39, 0.29) is 53.1 Å². The highest BCUT2D eigenvalue weighted by molar-refractivity contribution is 9.10. The van der Waals surface area contributed by atoms with Gasteiger partial charge in [-0.15, -0.1) is 0 Å². The number of hydrogen-bond donors (Lipinski definition) is 0. The lowest BCUT2D eigenvalue weighted by Gasteiger charge is -2.37. The number of aryl methyl sites for hydroxylation is 1. The summed E-state index contributed by atoms with van der Waals surface area (Å²) in [6.45, 7) is 1.75. The third-order valence-corrected chi connectivity index (χ3v) is 9.13. The van der Waals surface area contributed by atoms with Crippen LogP contribution in [0.1, 0.15) is 22.3 Å². The van der Waals surface area contributed by atoms with Crippen LogP contribution in [0.3, 0.4) is 0 Å². The molecule has 4 aliphatic carbocycles. The summed E-state index contributed by atoms with van der Waals surface area (Å²) in [5.74, 6) is 0.0148. The van der Waals surface area contributed by atoms with Gasteiger partial charge in [-0.1, -0.05) is 51.3 Å². The fraction of sp³-hybridized carbons (Fsp3) is 0.346. The van der Waals surface area contributed by atoms with Gasteiger partial charge >= 0.3 is 0 Å². The monoisotopic (exact) mass is 558 g/mol. The van der Waals surface area contributed by atoms with E-state index in [4.69, 9.17) is 23.2 Å². The molecule has 34 heavy (non-hydrogen) atoms. The number of nitrogens with zero attached hydrogens (tertiary/aromatic N) is 2. The molecular weight excluding hydrogens is 539 g/mol. The second kappa shape index (κ2) is 7.94. The average Bonchev–Trinajstić information content (AvgIpc) is 3.59. The number of benzene rings is 2. The Bertz CT molecular complexity index is 1260. The van der Waals surface area contributed by atoms with E-state index < -0.39 is 0 Å². The summed E-state index contributed by atoms with van der Waals surface area (Å²) in [7, 11) is 0. The summed E-state index contributed by atoms with van der Waals surface area (Å²) in [5.41, 5.74) is 1.79. The maximum atomic E-state index is 13.7. The molecule has 174 valence electrons. The van der Waals surface area contributed by atoms with Crippen LogP contribution in [0.5, 0.6) is 0 Å². The van der Waals surface area contributed by atoms with E-state index in [0.717, 1.165) is 16.5 Å². The Kier molecular flexibility index (Phi) is 5.21. The molecule has 3 amide bonds. The third kappa shape index (κ3) is 3.29. The average molecular weight is 560 g/mol. The minimum absolute atomic E-state index is 0.134. The molecule has 2 aromatic carbocycles. The molecule has 2 bridgehead atoms. The van der Waals surface area contributed by atoms with Crippen LogP contribution in [-0.2, 0) is 9.59 Å². The van der Waals surface area contributed by atoms with Crippen molar-refractivity contribution in [3.05, 3.63) is 74.2 Å². The van der Waals surface area contributed by atoms with Gasteiger partial charge in [0.1, 0.15) is 6.67 Å². The van der Waals surface area contributed by atoms with E-state index in [2.05, 4.69) is 28.1 Å². The second-order valence-electron chi connectivity index (χ2n) is 9.69. The predicted octanol–water partition coefficient (Wildman–Crippen LogP) is 5.72. The Hall–Kier alpha value is -2.15. The lowest BCUT2D eigenvalue weighted by molar-refractivity contribution is -0.140. The highest BCUT2D eigenvalue weighted by Gasteiger charge is 2.67. The molecule has 0 aromatic heterocycles. The van der Waals surface area contributed by atoms with Gasteiger partial charge in [-0.25, -0.2) is 0 Å². The van der Waals surface area contributed by atoms with Gasteiger partial charge in [-0.2, -0.15) is 0 Å². The molecule has 0 N–H and O–H groups in total. The van der Waals surface area contributed by atoms with E-state index in [1.165, 1.54) is 15.9 Å². The van der Waals surface area contributed by atoms with Gasteiger partial charge in [0.2, 0.25) is 11.8 Å². The number of anilines is 1. The molecule has 5 nitrogen and oxygen atoms in total. The minimum atomic E-state index is -0.358. The minimum Gasteiger partial charge on any atom is -0.289 e. The summed E-state index contributed by atoms with van der Waals surface area (Å²) in [6, 6.07) is 10.2. The SMILES string of the molecule is Cc1cc(Br)ccc1N(CN1C(=O)[C@@H]2[C@H]3C=C[C@@H]([C@@H]4C[C@H]34)[C@@H]2C1=O)C(=O)c1ccc(Cl)c(Cl)c1. The van der Waals surface area contributed by atoms with Crippen molar-refractivity contribution in [1.82, 2.24) is 4.90 Å². The van der Waals surface area contributed by atoms with Crippen LogP contribution in [0.15, 0.2) is 53.0 Å². The Morgan fingerprint density at radius 3 is 2.24 bits per heavy atom. The smallest absolute Gasteiger partial charge is 0.259 e. The number of likely N-dealkylation sites (tertiary alicyclic amines) is 1. The summed E-state index contributed by atoms with van der Waals surface area (Å²) in [6.07, 6.45) is 5.40. The molecule has 8 heteroatoms. The van der Waals surface area contributed by atoms with Crippen molar-refractivity contribution >= 4 is 62.5 Å². The number of hydrogen-bond acceptors (Lipinski definition) is 3. The molecule has 0 radical (unpaired) electrons. The highest BCUT2D eigenvalue weighted by Crippen LogP contribution is 2.65. The quantitative estimate of drug-likeness (QED) is 0.355. The molecule has 0 unspecified atom stereocenters. The van der Waals surface area contributed by atoms with Crippen molar-refractivity contribution in [1.29, 1.82) is 0 Å². The standard InChI is InChI=1S/C26H21BrCl2N2O3/c1-12-8-14(27)3-7-21(12)30(24(32)13-2-6-19(28)20(29)9-13)11-31-25(33)22-15-4-5-16(18-10-17(15)18)23(22)26(31)34/h2-9,15-18,22-23H,10-11H2,1H3/t15-,16-,17-,18+,22-,23+/m0/s1. The molecule has 6 atom stereocenters. The number of allylic oxidation sites excluding steroid dienone is 2. The largest absolute Gasteiger partial charge is 0.289 e. The molecule has 2 saturated carbocycles. The van der Waals surface area contributed by atoms with Gasteiger partial charge in [-0.05, 0) is 79.0 Å². The molecule has 3 fully saturated rings. The fourth-order valence-electron chi connectivity index (χ4n) is 6.26. The van der Waals surface area contributed by atoms with Crippen LogP contribution in [0.4, 0.5) is 5.69 Å². The first-order chi connectivity index (χ1) is 16.3. The van der Waals surface area contributed by atoms with Crippen LogP contribution >= 0.6 is 39.1 Å². The Balaban J connectivity index is 1.37. The van der Waals surface area contributed by atoms with Gasteiger partial charge in [-0.3, -0.25) is 24.2 Å². The lowest BCUT2D eigenvalue weighted by Crippen LogP contribution is -2.45. The zero-order valence-electron chi connectivity index (χ0n) is 18.3. The van der Waals surface area contributed by atoms with Gasteiger partial charge in [0.05, 0.1) is 21.9 Å². The van der Waals surface area contributed by atoms with Crippen molar-refractivity contribution in [3.8, 4) is 0 Å². The number of amides is 3. The van der Waals surface area contributed by atoms with Crippen molar-refractivity contribution in [2.45, 2.75) is 13.3 Å². The first-order valence-corrected chi connectivity index (χ1v) is 12.9. The number of carbonyl (C=O) groups is 3. The first kappa shape index (κ1) is 22.3. The van der Waals surface area contributed by atoms with Gasteiger partial charge in [0, 0.05) is 15.7 Å². The van der Waals surface area contributed by atoms with Crippen molar-refractivity contribution in [3.63, 3.8) is 0 Å². The molecule has 2 aromatic rings. The molecule has 1 aliphatic heterocycles. The van der Waals surface area contributed by atoms with E-state index in [1.807, 2.05) is 25.1 Å². The first-order valence-electron chi connectivity index (χ1n) is 11.3. The maximum absolute atomic E-state index is 13.7. The number of halogens is 3. The van der Waals surface area contributed by atoms with Crippen LogP contribution in [-0.4, -0.2) is 29.3 Å². The van der Waals surface area contributed by atoms with Gasteiger partial charge in [0.15, 0.2) is 0 Å². The molecule has 0 spiro atoms. The molecule has 1 heterocycles. The Morgan fingerprint density at radius 1 is 1.00 bits per heavy atom. The zero-order valence-corrected chi connectivity index (χ0v) is 21.3. The fourth-order valence-corrected chi connectivity index (χ4v) is 7.03. The van der Waals surface area contributed by atoms with E-state index in [0.29, 0.717) is 28.1 Å². The summed E-state index contributed by atoms with van der Waals surface area (Å²) in [5, 5.41) is 0.612. The van der Waals surface area contributed by atoms with Crippen molar-refractivity contribution in [2.24, 2.45) is 35.5 Å². The van der Waals surface area contributed by atoms with E-state index in [1.54, 1.807) is 12.1 Å². The molecule has 1 saturated heterocycles. The topological polar surface area (TPSA) is 57.7 Å². The third-order valence-electron chi connectivity index (χ3n) is 7.90. The van der Waals surface area contributed by atoms with Gasteiger partial charge in [0.25, 0.3) is 5.91 Å². The van der Waals surface area contributed by atoms with Crippen LogP contribution < -0.4 is 4.90 Å². The summed E-state index contributed by atoms with van der Waals surface area (Å²) in [4.78, 5) is 43.6. The van der Waals surface area contributed by atoms with Crippen LogP contribution in [0, 0.1) is 42.4 Å². The summed E-state index contributed by atoms with van der Waals surface area (Å²) < 4.78 is 0.872. The molecular formula is C26H21BrCl2N2O3. The van der Waals surface area contributed by atoms with Crippen LogP contribution in [0.25, 0.3) is 0 Å². The highest BCUT2D eigenvalue weighted by atomic mass is 79.9. The number of rotatable bonds is 4. The predicted molar refractivity (Wildman–Crippen MR) is 134 cm³/mol. The van der Waals surface area contributed by atoms with Crippen LogP contribution in [0.2, 0.25) is 10.0 Å². The summed E-state index contributed by atoms with van der Waals surface area (Å²) >= 11 is 15.7. The molecule has 5 aliphatic rings. The van der Waals surface area contributed by atoms with E-state index >= 15 is 0 Å². The zero-order chi connectivity index (χ0) is 23.9. The van der Waals surface area contributed by atoms with E-state index in [9.17, 15) is 14.4 Å². The van der Waals surface area contributed by atoms with Gasteiger partial charge < -0.3 is 0 Å². The number of carbonyl (C=O) groups excluding carboxylic acids is 3.